The van der Waals surface area contributed by atoms with Gasteiger partial charge in [-0.3, -0.25) is 4.79 Å². The van der Waals surface area contributed by atoms with Crippen molar-refractivity contribution in [2.24, 2.45) is 0 Å². The van der Waals surface area contributed by atoms with Crippen molar-refractivity contribution >= 4 is 40.5 Å². The summed E-state index contributed by atoms with van der Waals surface area (Å²) in [6, 6.07) is 12.7. The summed E-state index contributed by atoms with van der Waals surface area (Å²) in [4.78, 5) is 20.3. The average molecular weight is 397 g/mol. The first-order valence-corrected chi connectivity index (χ1v) is 9.08. The molecule has 0 atom stereocenters. The lowest BCUT2D eigenvalue weighted by Crippen LogP contribution is -2.03. The fraction of sp³-hybridized carbons (Fsp3) is 0.190. The van der Waals surface area contributed by atoms with Crippen molar-refractivity contribution in [2.45, 2.75) is 20.8 Å². The van der Waals surface area contributed by atoms with Gasteiger partial charge in [0.05, 0.1) is 12.8 Å². The first-order valence-electron chi connectivity index (χ1n) is 8.70. The van der Waals surface area contributed by atoms with Crippen LogP contribution in [-0.2, 0) is 0 Å². The highest BCUT2D eigenvalue weighted by molar-refractivity contribution is 6.31. The Balaban J connectivity index is 1.86. The molecule has 0 saturated carbocycles. The highest BCUT2D eigenvalue weighted by atomic mass is 35.5. The molecule has 6 nitrogen and oxygen atoms in total. The molecule has 0 radical (unpaired) electrons. The third-order valence-electron chi connectivity index (χ3n) is 4.15. The van der Waals surface area contributed by atoms with E-state index in [1.165, 1.54) is 6.92 Å². The average Bonchev–Trinajstić information content (AvgIpc) is 2.64. The highest BCUT2D eigenvalue weighted by Gasteiger charge is 2.10. The van der Waals surface area contributed by atoms with Crippen molar-refractivity contribution < 1.29 is 9.53 Å². The maximum absolute atomic E-state index is 11.4. The second-order valence-electron chi connectivity index (χ2n) is 6.40. The third-order valence-corrected chi connectivity index (χ3v) is 4.55. The zero-order chi connectivity index (χ0) is 20.3. The molecule has 0 aliphatic carbocycles. The summed E-state index contributed by atoms with van der Waals surface area (Å²) in [5, 5.41) is 7.06. The lowest BCUT2D eigenvalue weighted by atomic mass is 10.1. The number of halogens is 1. The number of aromatic nitrogens is 2. The molecule has 0 spiro atoms. The van der Waals surface area contributed by atoms with Crippen LogP contribution in [0.2, 0.25) is 5.02 Å². The Kier molecular flexibility index (Phi) is 5.80. The number of hydrogen-bond acceptors (Lipinski definition) is 6. The number of ketones is 1. The Morgan fingerprint density at radius 3 is 2.39 bits per heavy atom. The van der Waals surface area contributed by atoms with E-state index in [0.29, 0.717) is 28.1 Å². The molecular formula is C21H21ClN4O2. The Labute approximate surface area is 168 Å². The Hall–Kier alpha value is -3.12. The molecular weight excluding hydrogens is 376 g/mol. The number of carbonyl (C=O) groups is 1. The molecule has 3 aromatic rings. The normalized spacial score (nSPS) is 10.5. The van der Waals surface area contributed by atoms with E-state index in [0.717, 1.165) is 22.6 Å². The van der Waals surface area contributed by atoms with Gasteiger partial charge >= 0.3 is 0 Å². The van der Waals surface area contributed by atoms with Crippen molar-refractivity contribution in [3.8, 4) is 5.75 Å². The number of anilines is 4. The molecule has 0 saturated heterocycles. The Morgan fingerprint density at radius 2 is 1.75 bits per heavy atom. The SMILES string of the molecule is COc1cc(Cl)c(C)cc1Nc1cc(C)nc(Nc2ccc(C(C)=O)cc2)n1. The van der Waals surface area contributed by atoms with Crippen LogP contribution in [0.1, 0.15) is 28.5 Å². The van der Waals surface area contributed by atoms with Gasteiger partial charge in [-0.2, -0.15) is 4.98 Å². The zero-order valence-corrected chi connectivity index (χ0v) is 16.9. The van der Waals surface area contributed by atoms with Crippen LogP contribution in [-0.4, -0.2) is 22.9 Å². The Morgan fingerprint density at radius 1 is 1.04 bits per heavy atom. The summed E-state index contributed by atoms with van der Waals surface area (Å²) in [5.74, 6) is 1.72. The van der Waals surface area contributed by atoms with E-state index in [4.69, 9.17) is 16.3 Å². The van der Waals surface area contributed by atoms with Crippen molar-refractivity contribution in [3.63, 3.8) is 0 Å². The summed E-state index contributed by atoms with van der Waals surface area (Å²) in [6.45, 7) is 5.36. The van der Waals surface area contributed by atoms with Gasteiger partial charge in [0.25, 0.3) is 0 Å². The van der Waals surface area contributed by atoms with Gasteiger partial charge in [0.15, 0.2) is 5.78 Å². The van der Waals surface area contributed by atoms with Gasteiger partial charge in [-0.05, 0) is 56.7 Å². The summed E-state index contributed by atoms with van der Waals surface area (Å²) in [5.41, 5.74) is 3.94. The lowest BCUT2D eigenvalue weighted by molar-refractivity contribution is 0.101. The van der Waals surface area contributed by atoms with Crippen LogP contribution in [0.4, 0.5) is 23.1 Å². The summed E-state index contributed by atoms with van der Waals surface area (Å²) in [7, 11) is 1.59. The summed E-state index contributed by atoms with van der Waals surface area (Å²) >= 11 is 6.17. The van der Waals surface area contributed by atoms with Crippen LogP contribution in [0.25, 0.3) is 0 Å². The van der Waals surface area contributed by atoms with Crippen LogP contribution >= 0.6 is 11.6 Å². The third kappa shape index (κ3) is 4.58. The number of methoxy groups -OCH3 is 1. The van der Waals surface area contributed by atoms with Crippen molar-refractivity contribution in [3.05, 3.63) is 64.3 Å². The molecule has 1 heterocycles. The van der Waals surface area contributed by atoms with Gasteiger partial charge in [-0.15, -0.1) is 0 Å². The van der Waals surface area contributed by atoms with E-state index in [1.54, 1.807) is 25.3 Å². The van der Waals surface area contributed by atoms with E-state index in [1.807, 2.05) is 38.1 Å². The van der Waals surface area contributed by atoms with Crippen molar-refractivity contribution in [1.29, 1.82) is 0 Å². The summed E-state index contributed by atoms with van der Waals surface area (Å²) < 4.78 is 5.41. The van der Waals surface area contributed by atoms with Crippen molar-refractivity contribution in [1.82, 2.24) is 9.97 Å². The molecule has 0 aliphatic rings. The maximum atomic E-state index is 11.4. The van der Waals surface area contributed by atoms with E-state index in [2.05, 4.69) is 20.6 Å². The number of carbonyl (C=O) groups excluding carboxylic acids is 1. The minimum Gasteiger partial charge on any atom is -0.495 e. The van der Waals surface area contributed by atoms with Crippen LogP contribution in [0, 0.1) is 13.8 Å². The molecule has 0 unspecified atom stereocenters. The molecule has 3 rings (SSSR count). The molecule has 7 heteroatoms. The first kappa shape index (κ1) is 19.6. The number of ether oxygens (including phenoxy) is 1. The van der Waals surface area contributed by atoms with Crippen LogP contribution < -0.4 is 15.4 Å². The van der Waals surface area contributed by atoms with Gasteiger partial charge in [0.1, 0.15) is 11.6 Å². The molecule has 0 bridgehead atoms. The summed E-state index contributed by atoms with van der Waals surface area (Å²) in [6.07, 6.45) is 0. The zero-order valence-electron chi connectivity index (χ0n) is 16.1. The monoisotopic (exact) mass is 396 g/mol. The van der Waals surface area contributed by atoms with Gasteiger partial charge in [0.2, 0.25) is 5.95 Å². The molecule has 0 fully saturated rings. The highest BCUT2D eigenvalue weighted by Crippen LogP contribution is 2.33. The second kappa shape index (κ2) is 8.27. The molecule has 0 aliphatic heterocycles. The van der Waals surface area contributed by atoms with Gasteiger partial charge in [-0.25, -0.2) is 4.98 Å². The van der Waals surface area contributed by atoms with Gasteiger partial charge < -0.3 is 15.4 Å². The van der Waals surface area contributed by atoms with Gasteiger partial charge in [-0.1, -0.05) is 11.6 Å². The quantitative estimate of drug-likeness (QED) is 0.540. The number of Topliss-reactive ketones (excluding diaryl/α,β-unsaturated/α-hetero) is 1. The standard InChI is InChI=1S/C21H21ClN4O2/c1-12-9-18(19(28-4)11-17(12)22)25-20-10-13(2)23-21(26-20)24-16-7-5-15(6-8-16)14(3)27/h5-11H,1-4H3,(H2,23,24,25,26). The predicted octanol–water partition coefficient (Wildman–Crippen LogP) is 5.45. The Bertz CT molecular complexity index is 1020. The smallest absolute Gasteiger partial charge is 0.229 e. The number of nitrogens with zero attached hydrogens (tertiary/aromatic N) is 2. The minimum atomic E-state index is 0.0250. The number of rotatable bonds is 6. The van der Waals surface area contributed by atoms with E-state index >= 15 is 0 Å². The van der Waals surface area contributed by atoms with Gasteiger partial charge in [0, 0.05) is 34.1 Å². The molecule has 2 N–H and O–H groups in total. The second-order valence-corrected chi connectivity index (χ2v) is 6.81. The number of nitrogens with one attached hydrogen (secondary N) is 2. The molecule has 1 aromatic heterocycles. The molecule has 144 valence electrons. The fourth-order valence-electron chi connectivity index (χ4n) is 2.67. The van der Waals surface area contributed by atoms with E-state index in [9.17, 15) is 4.79 Å². The topological polar surface area (TPSA) is 76.1 Å². The van der Waals surface area contributed by atoms with Crippen LogP contribution in [0.5, 0.6) is 5.75 Å². The molecule has 2 aromatic carbocycles. The molecule has 28 heavy (non-hydrogen) atoms. The maximum Gasteiger partial charge on any atom is 0.229 e. The first-order chi connectivity index (χ1) is 13.4. The van der Waals surface area contributed by atoms with Crippen LogP contribution in [0.15, 0.2) is 42.5 Å². The predicted molar refractivity (Wildman–Crippen MR) is 113 cm³/mol. The fourth-order valence-corrected chi connectivity index (χ4v) is 2.83. The minimum absolute atomic E-state index is 0.0250. The number of benzene rings is 2. The molecule has 0 amide bonds. The van der Waals surface area contributed by atoms with E-state index < -0.39 is 0 Å². The number of hydrogen-bond donors (Lipinski definition) is 2. The number of aryl methyl sites for hydroxylation is 2. The van der Waals surface area contributed by atoms with E-state index in [-0.39, 0.29) is 5.78 Å². The lowest BCUT2D eigenvalue weighted by Gasteiger charge is -2.14. The van der Waals surface area contributed by atoms with Crippen LogP contribution in [0.3, 0.4) is 0 Å². The van der Waals surface area contributed by atoms with Crippen molar-refractivity contribution in [2.75, 3.05) is 17.7 Å². The largest absolute Gasteiger partial charge is 0.495 e.